The van der Waals surface area contributed by atoms with Crippen molar-refractivity contribution in [2.24, 2.45) is 5.73 Å². The molecule has 0 spiro atoms. The summed E-state index contributed by atoms with van der Waals surface area (Å²) in [5.41, 5.74) is 6.47. The number of benzene rings is 1. The van der Waals surface area contributed by atoms with E-state index in [1.807, 2.05) is 0 Å². The molecule has 2 rings (SSSR count). The lowest BCUT2D eigenvalue weighted by atomic mass is 10.1. The number of halogens is 1. The van der Waals surface area contributed by atoms with Gasteiger partial charge >= 0.3 is 0 Å². The summed E-state index contributed by atoms with van der Waals surface area (Å²) in [6.07, 6.45) is 4.51. The number of sulfonamides is 1. The Bertz CT molecular complexity index is 674. The van der Waals surface area contributed by atoms with Crippen molar-refractivity contribution in [2.75, 3.05) is 26.2 Å². The highest BCUT2D eigenvalue weighted by Gasteiger charge is 2.28. The van der Waals surface area contributed by atoms with Gasteiger partial charge in [0.2, 0.25) is 10.0 Å². The Balaban J connectivity index is 0.00000312. The number of rotatable bonds is 7. The molecule has 1 saturated heterocycles. The third-order valence-electron chi connectivity index (χ3n) is 4.30. The van der Waals surface area contributed by atoms with Crippen LogP contribution in [0.25, 0.3) is 0 Å². The van der Waals surface area contributed by atoms with Crippen molar-refractivity contribution in [1.82, 2.24) is 9.62 Å². The summed E-state index contributed by atoms with van der Waals surface area (Å²) in [6, 6.07) is 4.87. The molecule has 0 atom stereocenters. The van der Waals surface area contributed by atoms with Gasteiger partial charge in [-0.3, -0.25) is 4.79 Å². The molecule has 1 aliphatic heterocycles. The zero-order valence-corrected chi connectivity index (χ0v) is 16.3. The molecule has 0 radical (unpaired) electrons. The number of carbonyl (C=O) groups is 1. The van der Waals surface area contributed by atoms with Gasteiger partial charge in [-0.05, 0) is 56.8 Å². The number of unbranched alkanes of at least 4 members (excludes halogenated alkanes) is 1. The standard InChI is InChI=1S/C17H27N3O3S.ClH/c1-14-7-8-15(17(21)19-10-4-3-9-18)13-16(14)24(22,23)20-11-5-2-6-12-20;/h7-8,13H,2-6,9-12,18H2,1H3,(H,19,21);1H. The highest BCUT2D eigenvalue weighted by Crippen LogP contribution is 2.24. The molecule has 8 heteroatoms. The molecular weight excluding hydrogens is 362 g/mol. The maximum atomic E-state index is 12.9. The molecule has 0 aliphatic carbocycles. The Hall–Kier alpha value is -1.15. The number of nitrogens with two attached hydrogens (primary N) is 1. The summed E-state index contributed by atoms with van der Waals surface area (Å²) < 4.78 is 27.3. The number of hydrogen-bond donors (Lipinski definition) is 2. The van der Waals surface area contributed by atoms with Crippen LogP contribution in [0.5, 0.6) is 0 Å². The van der Waals surface area contributed by atoms with E-state index in [9.17, 15) is 13.2 Å². The van der Waals surface area contributed by atoms with Crippen LogP contribution in [0.4, 0.5) is 0 Å². The average Bonchev–Trinajstić information content (AvgIpc) is 2.59. The van der Waals surface area contributed by atoms with Crippen LogP contribution < -0.4 is 11.1 Å². The van der Waals surface area contributed by atoms with E-state index in [0.717, 1.165) is 32.1 Å². The third-order valence-corrected chi connectivity index (χ3v) is 6.34. The van der Waals surface area contributed by atoms with Gasteiger partial charge in [-0.15, -0.1) is 12.4 Å². The third kappa shape index (κ3) is 5.67. The Kier molecular flexibility index (Phi) is 8.85. The second-order valence-corrected chi connectivity index (χ2v) is 8.10. The fraction of sp³-hybridized carbons (Fsp3) is 0.588. The SMILES string of the molecule is Cc1ccc(C(=O)NCCCCN)cc1S(=O)(=O)N1CCCCC1.Cl. The van der Waals surface area contributed by atoms with Gasteiger partial charge in [0.05, 0.1) is 4.90 Å². The molecule has 1 aromatic rings. The molecule has 142 valence electrons. The topological polar surface area (TPSA) is 92.5 Å². The van der Waals surface area contributed by atoms with Crippen molar-refractivity contribution in [3.8, 4) is 0 Å². The van der Waals surface area contributed by atoms with Crippen LogP contribution >= 0.6 is 12.4 Å². The predicted molar refractivity (Wildman–Crippen MR) is 102 cm³/mol. The highest BCUT2D eigenvalue weighted by molar-refractivity contribution is 7.89. The molecule has 0 aromatic heterocycles. The molecule has 0 bridgehead atoms. The molecule has 1 aliphatic rings. The lowest BCUT2D eigenvalue weighted by Gasteiger charge is -2.26. The van der Waals surface area contributed by atoms with Crippen molar-refractivity contribution >= 4 is 28.3 Å². The van der Waals surface area contributed by atoms with Gasteiger partial charge in [0, 0.05) is 25.2 Å². The van der Waals surface area contributed by atoms with Gasteiger partial charge in [-0.2, -0.15) is 4.31 Å². The molecule has 1 fully saturated rings. The number of amides is 1. The van der Waals surface area contributed by atoms with E-state index in [1.165, 1.54) is 10.4 Å². The second kappa shape index (κ2) is 10.1. The number of piperidine rings is 1. The van der Waals surface area contributed by atoms with E-state index in [-0.39, 0.29) is 23.2 Å². The van der Waals surface area contributed by atoms with Crippen molar-refractivity contribution in [3.05, 3.63) is 29.3 Å². The quantitative estimate of drug-likeness (QED) is 0.698. The summed E-state index contributed by atoms with van der Waals surface area (Å²) in [4.78, 5) is 12.5. The van der Waals surface area contributed by atoms with E-state index < -0.39 is 10.0 Å². The van der Waals surface area contributed by atoms with E-state index in [2.05, 4.69) is 5.32 Å². The van der Waals surface area contributed by atoms with Gasteiger partial charge in [-0.25, -0.2) is 8.42 Å². The van der Waals surface area contributed by atoms with Crippen LogP contribution in [0.1, 0.15) is 48.0 Å². The molecule has 3 N–H and O–H groups in total. The minimum absolute atomic E-state index is 0. The van der Waals surface area contributed by atoms with Crippen molar-refractivity contribution in [1.29, 1.82) is 0 Å². The molecule has 0 unspecified atom stereocenters. The van der Waals surface area contributed by atoms with Crippen LogP contribution in [0.3, 0.4) is 0 Å². The molecule has 6 nitrogen and oxygen atoms in total. The van der Waals surface area contributed by atoms with Crippen LogP contribution in [0, 0.1) is 6.92 Å². The minimum atomic E-state index is -3.54. The van der Waals surface area contributed by atoms with Crippen LogP contribution in [-0.2, 0) is 10.0 Å². The molecule has 25 heavy (non-hydrogen) atoms. The second-order valence-electron chi connectivity index (χ2n) is 6.20. The zero-order chi connectivity index (χ0) is 17.6. The molecule has 1 aromatic carbocycles. The van der Waals surface area contributed by atoms with Gasteiger partial charge in [0.15, 0.2) is 0 Å². The largest absolute Gasteiger partial charge is 0.352 e. The van der Waals surface area contributed by atoms with E-state index in [0.29, 0.717) is 37.3 Å². The summed E-state index contributed by atoms with van der Waals surface area (Å²) in [7, 11) is -3.54. The van der Waals surface area contributed by atoms with E-state index >= 15 is 0 Å². The van der Waals surface area contributed by atoms with Gasteiger partial charge in [-0.1, -0.05) is 12.5 Å². The molecular formula is C17H28ClN3O3S. The monoisotopic (exact) mass is 389 g/mol. The molecule has 1 heterocycles. The van der Waals surface area contributed by atoms with E-state index in [1.54, 1.807) is 19.1 Å². The Morgan fingerprint density at radius 3 is 2.52 bits per heavy atom. The Morgan fingerprint density at radius 2 is 1.88 bits per heavy atom. The highest BCUT2D eigenvalue weighted by atomic mass is 35.5. The number of nitrogens with one attached hydrogen (secondary N) is 1. The predicted octanol–water partition coefficient (Wildman–Crippen LogP) is 2.06. The number of hydrogen-bond acceptors (Lipinski definition) is 4. The number of carbonyl (C=O) groups excluding carboxylic acids is 1. The lowest BCUT2D eigenvalue weighted by molar-refractivity contribution is 0.0953. The fourth-order valence-corrected chi connectivity index (χ4v) is 4.60. The Morgan fingerprint density at radius 1 is 1.20 bits per heavy atom. The summed E-state index contributed by atoms with van der Waals surface area (Å²) >= 11 is 0. The van der Waals surface area contributed by atoms with E-state index in [4.69, 9.17) is 5.73 Å². The smallest absolute Gasteiger partial charge is 0.251 e. The van der Waals surface area contributed by atoms with Crippen LogP contribution in [0.2, 0.25) is 0 Å². The van der Waals surface area contributed by atoms with Crippen molar-refractivity contribution in [3.63, 3.8) is 0 Å². The lowest BCUT2D eigenvalue weighted by Crippen LogP contribution is -2.36. The van der Waals surface area contributed by atoms with Gasteiger partial charge in [0.1, 0.15) is 0 Å². The zero-order valence-electron chi connectivity index (χ0n) is 14.7. The molecule has 1 amide bonds. The number of nitrogens with zero attached hydrogens (tertiary/aromatic N) is 1. The maximum absolute atomic E-state index is 12.9. The fourth-order valence-electron chi connectivity index (χ4n) is 2.84. The van der Waals surface area contributed by atoms with Gasteiger partial charge in [0.25, 0.3) is 5.91 Å². The van der Waals surface area contributed by atoms with Crippen LogP contribution in [0.15, 0.2) is 23.1 Å². The number of aryl methyl sites for hydroxylation is 1. The minimum Gasteiger partial charge on any atom is -0.352 e. The Labute approximate surface area is 156 Å². The first-order valence-corrected chi connectivity index (χ1v) is 10.00. The normalized spacial score (nSPS) is 15.4. The first-order chi connectivity index (χ1) is 11.5. The van der Waals surface area contributed by atoms with Crippen molar-refractivity contribution < 1.29 is 13.2 Å². The first-order valence-electron chi connectivity index (χ1n) is 8.56. The maximum Gasteiger partial charge on any atom is 0.251 e. The van der Waals surface area contributed by atoms with Gasteiger partial charge < -0.3 is 11.1 Å². The summed E-state index contributed by atoms with van der Waals surface area (Å²) in [6.45, 7) is 4.01. The van der Waals surface area contributed by atoms with Crippen LogP contribution in [-0.4, -0.2) is 44.8 Å². The first kappa shape index (κ1) is 21.9. The summed E-state index contributed by atoms with van der Waals surface area (Å²) in [5, 5.41) is 2.81. The van der Waals surface area contributed by atoms with Crippen molar-refractivity contribution in [2.45, 2.75) is 43.9 Å². The average molecular weight is 390 g/mol. The summed E-state index contributed by atoms with van der Waals surface area (Å²) in [5.74, 6) is -0.248. The molecule has 0 saturated carbocycles.